The number of hydrazine groups is 1. The molecule has 0 amide bonds. The van der Waals surface area contributed by atoms with Crippen LogP contribution in [-0.4, -0.2) is 30.6 Å². The fourth-order valence-corrected chi connectivity index (χ4v) is 3.61. The minimum Gasteiger partial charge on any atom is -0.488 e. The Labute approximate surface area is 149 Å². The summed E-state index contributed by atoms with van der Waals surface area (Å²) in [6.45, 7) is 0.708. The predicted octanol–water partition coefficient (Wildman–Crippen LogP) is 0.828. The third-order valence-electron chi connectivity index (χ3n) is 4.80. The highest BCUT2D eigenvalue weighted by atomic mass is 16.5. The van der Waals surface area contributed by atoms with E-state index in [-0.39, 0.29) is 23.9 Å². The number of methoxy groups -OCH3 is 1. The summed E-state index contributed by atoms with van der Waals surface area (Å²) in [7, 11) is 1.33. The molecule has 3 heterocycles. The van der Waals surface area contributed by atoms with Crippen LogP contribution < -0.4 is 21.3 Å². The van der Waals surface area contributed by atoms with E-state index in [1.807, 2.05) is 24.3 Å². The van der Waals surface area contributed by atoms with Crippen molar-refractivity contribution in [3.63, 3.8) is 0 Å². The highest BCUT2D eigenvalue weighted by molar-refractivity contribution is 5.81. The lowest BCUT2D eigenvalue weighted by atomic mass is 9.84. The van der Waals surface area contributed by atoms with Crippen molar-refractivity contribution < 1.29 is 14.3 Å². The Bertz CT molecular complexity index is 937. The Morgan fingerprint density at radius 2 is 2.27 bits per heavy atom. The Hall–Kier alpha value is -3.15. The number of hydrogen-bond donors (Lipinski definition) is 3. The number of anilines is 1. The number of para-hydroxylation sites is 1. The average Bonchev–Trinajstić information content (AvgIpc) is 3.15. The van der Waals surface area contributed by atoms with Gasteiger partial charge in [-0.25, -0.2) is 10.4 Å². The van der Waals surface area contributed by atoms with Gasteiger partial charge in [0.1, 0.15) is 30.3 Å². The van der Waals surface area contributed by atoms with Crippen molar-refractivity contribution in [2.45, 2.75) is 18.6 Å². The number of aromatic nitrogens is 1. The molecule has 8 nitrogen and oxygen atoms in total. The number of nitrogens with zero attached hydrogens (tertiary/aromatic N) is 2. The molecule has 2 aliphatic rings. The van der Waals surface area contributed by atoms with Gasteiger partial charge in [0, 0.05) is 23.6 Å². The van der Waals surface area contributed by atoms with E-state index in [2.05, 4.69) is 21.9 Å². The van der Waals surface area contributed by atoms with Gasteiger partial charge in [0.15, 0.2) is 0 Å². The highest BCUT2D eigenvalue weighted by Gasteiger charge is 2.39. The number of pyridine rings is 1. The molecular weight excluding hydrogens is 334 g/mol. The van der Waals surface area contributed by atoms with Gasteiger partial charge in [0.05, 0.1) is 18.4 Å². The maximum atomic E-state index is 12.2. The van der Waals surface area contributed by atoms with Gasteiger partial charge in [-0.1, -0.05) is 12.1 Å². The molecule has 8 heteroatoms. The van der Waals surface area contributed by atoms with Gasteiger partial charge >= 0.3 is 5.97 Å². The van der Waals surface area contributed by atoms with E-state index < -0.39 is 12.0 Å². The summed E-state index contributed by atoms with van der Waals surface area (Å²) in [5, 5.41) is 9.67. The van der Waals surface area contributed by atoms with Crippen LogP contribution >= 0.6 is 0 Å². The second-order valence-corrected chi connectivity index (χ2v) is 6.14. The van der Waals surface area contributed by atoms with E-state index in [4.69, 9.17) is 15.2 Å². The molecule has 2 aliphatic heterocycles. The zero-order chi connectivity index (χ0) is 18.3. The molecular formula is C18H17N5O3. The summed E-state index contributed by atoms with van der Waals surface area (Å²) < 4.78 is 10.8. The average molecular weight is 351 g/mol. The number of esters is 1. The lowest BCUT2D eigenvalue weighted by Gasteiger charge is -2.27. The van der Waals surface area contributed by atoms with E-state index in [0.717, 1.165) is 16.9 Å². The molecule has 2 atom stereocenters. The predicted molar refractivity (Wildman–Crippen MR) is 92.8 cm³/mol. The maximum absolute atomic E-state index is 12.2. The zero-order valence-electron chi connectivity index (χ0n) is 14.1. The Kier molecular flexibility index (Phi) is 3.95. The molecule has 1 fully saturated rings. The first-order valence-electron chi connectivity index (χ1n) is 8.16. The van der Waals surface area contributed by atoms with E-state index in [1.54, 1.807) is 0 Å². The van der Waals surface area contributed by atoms with Crippen LogP contribution in [0.5, 0.6) is 5.75 Å². The van der Waals surface area contributed by atoms with Gasteiger partial charge in [-0.3, -0.25) is 10.2 Å². The first-order chi connectivity index (χ1) is 12.7. The highest BCUT2D eigenvalue weighted by Crippen LogP contribution is 2.42. The summed E-state index contributed by atoms with van der Waals surface area (Å²) in [6, 6.07) is 9.06. The molecule has 2 unspecified atom stereocenters. The number of benzene rings is 1. The van der Waals surface area contributed by atoms with Crippen LogP contribution in [0.25, 0.3) is 11.3 Å². The minimum atomic E-state index is -0.629. The lowest BCUT2D eigenvalue weighted by Crippen LogP contribution is -2.39. The molecule has 132 valence electrons. The summed E-state index contributed by atoms with van der Waals surface area (Å²) in [5.74, 6) is 0.124. The van der Waals surface area contributed by atoms with Gasteiger partial charge in [-0.2, -0.15) is 5.26 Å². The Morgan fingerprint density at radius 3 is 3.04 bits per heavy atom. The Balaban J connectivity index is 1.94. The topological polar surface area (TPSA) is 122 Å². The molecule has 1 aromatic carbocycles. The number of ether oxygens (including phenoxy) is 2. The zero-order valence-corrected chi connectivity index (χ0v) is 14.1. The number of nitrogens with one attached hydrogen (secondary N) is 2. The van der Waals surface area contributed by atoms with Crippen molar-refractivity contribution >= 4 is 11.8 Å². The van der Waals surface area contributed by atoms with Crippen LogP contribution in [0.3, 0.4) is 0 Å². The number of carbonyl (C=O) groups excluding carboxylic acids is 1. The second kappa shape index (κ2) is 6.29. The normalized spacial score (nSPS) is 20.5. The Morgan fingerprint density at radius 1 is 1.46 bits per heavy atom. The molecule has 4 N–H and O–H groups in total. The third kappa shape index (κ3) is 2.37. The number of nitriles is 1. The summed E-state index contributed by atoms with van der Waals surface area (Å²) in [6.07, 6.45) is 0. The van der Waals surface area contributed by atoms with Crippen LogP contribution in [0, 0.1) is 11.3 Å². The molecule has 4 rings (SSSR count). The molecule has 1 aromatic heterocycles. The van der Waals surface area contributed by atoms with Crippen molar-refractivity contribution in [2.75, 3.05) is 19.4 Å². The monoisotopic (exact) mass is 351 g/mol. The van der Waals surface area contributed by atoms with Crippen LogP contribution in [0.1, 0.15) is 22.6 Å². The first kappa shape index (κ1) is 16.3. The van der Waals surface area contributed by atoms with Crippen molar-refractivity contribution in [1.29, 1.82) is 5.26 Å². The summed E-state index contributed by atoms with van der Waals surface area (Å²) in [4.78, 5) is 16.6. The molecule has 0 saturated carbocycles. The van der Waals surface area contributed by atoms with Gasteiger partial charge < -0.3 is 15.2 Å². The molecule has 0 spiro atoms. The number of carbonyl (C=O) groups is 1. The van der Waals surface area contributed by atoms with Crippen molar-refractivity contribution in [3.05, 3.63) is 41.0 Å². The lowest BCUT2D eigenvalue weighted by molar-refractivity contribution is -0.143. The third-order valence-corrected chi connectivity index (χ3v) is 4.80. The summed E-state index contributed by atoms with van der Waals surface area (Å²) in [5.41, 5.74) is 15.2. The fraction of sp³-hybridized carbons (Fsp3) is 0.278. The molecule has 26 heavy (non-hydrogen) atoms. The second-order valence-electron chi connectivity index (χ2n) is 6.14. The van der Waals surface area contributed by atoms with Crippen LogP contribution in [0.4, 0.5) is 5.82 Å². The van der Waals surface area contributed by atoms with Crippen molar-refractivity contribution in [3.8, 4) is 23.1 Å². The fourth-order valence-electron chi connectivity index (χ4n) is 3.61. The minimum absolute atomic E-state index is 0.147. The van der Waals surface area contributed by atoms with Crippen LogP contribution in [0.15, 0.2) is 24.3 Å². The number of hydrogen-bond acceptors (Lipinski definition) is 8. The molecule has 2 aromatic rings. The SMILES string of the molecule is COC(=O)C1NNCC1c1c(C#N)c(N)nc2c1COc1ccccc1-2. The van der Waals surface area contributed by atoms with Gasteiger partial charge in [-0.05, 0) is 17.7 Å². The molecule has 0 radical (unpaired) electrons. The number of nitrogen functional groups attached to an aromatic ring is 1. The number of rotatable bonds is 2. The van der Waals surface area contributed by atoms with E-state index in [9.17, 15) is 10.1 Å². The molecule has 0 bridgehead atoms. The van der Waals surface area contributed by atoms with Crippen molar-refractivity contribution in [2.24, 2.45) is 0 Å². The summed E-state index contributed by atoms with van der Waals surface area (Å²) >= 11 is 0. The van der Waals surface area contributed by atoms with Gasteiger partial charge in [0.25, 0.3) is 0 Å². The van der Waals surface area contributed by atoms with Crippen molar-refractivity contribution in [1.82, 2.24) is 15.8 Å². The van der Waals surface area contributed by atoms with Crippen LogP contribution in [0.2, 0.25) is 0 Å². The van der Waals surface area contributed by atoms with E-state index in [0.29, 0.717) is 17.8 Å². The van der Waals surface area contributed by atoms with Crippen LogP contribution in [-0.2, 0) is 16.1 Å². The van der Waals surface area contributed by atoms with Gasteiger partial charge in [-0.15, -0.1) is 0 Å². The largest absolute Gasteiger partial charge is 0.488 e. The molecule has 0 aliphatic carbocycles. The molecule has 1 saturated heterocycles. The maximum Gasteiger partial charge on any atom is 0.324 e. The smallest absolute Gasteiger partial charge is 0.324 e. The quantitative estimate of drug-likeness (QED) is 0.680. The van der Waals surface area contributed by atoms with E-state index in [1.165, 1.54) is 7.11 Å². The number of fused-ring (bicyclic) bond motifs is 3. The number of nitrogens with two attached hydrogens (primary N) is 1. The van der Waals surface area contributed by atoms with Gasteiger partial charge in [0.2, 0.25) is 0 Å². The standard InChI is InChI=1S/C18H17N5O3/c1-25-18(24)16-11(7-21-23-16)14-10(6-19)17(20)22-15-9-4-2-3-5-13(9)26-8-12(14)15/h2-5,11,16,21,23H,7-8H2,1H3,(H2,20,22). The first-order valence-corrected chi connectivity index (χ1v) is 8.16. The van der Waals surface area contributed by atoms with E-state index >= 15 is 0 Å².